The zero-order valence-corrected chi connectivity index (χ0v) is 47.6. The highest BCUT2D eigenvalue weighted by atomic mass is 16.8. The Morgan fingerprint density at radius 2 is 0.873 bits per heavy atom. The minimum absolute atomic E-state index is 0.230. The van der Waals surface area contributed by atoms with Crippen molar-refractivity contribution >= 4 is 5.91 Å². The maximum atomic E-state index is 13.2. The number of hydrogen-bond acceptors (Lipinski definition) is 18. The van der Waals surface area contributed by atoms with E-state index in [-0.39, 0.29) is 18.9 Å². The molecule has 1 amide bonds. The van der Waals surface area contributed by atoms with Gasteiger partial charge in [0.2, 0.25) is 5.91 Å². The van der Waals surface area contributed by atoms with Gasteiger partial charge in [-0.25, -0.2) is 0 Å². The van der Waals surface area contributed by atoms with Gasteiger partial charge < -0.3 is 89.9 Å². The normalized spacial score (nSPS) is 30.7. The number of allylic oxidation sites excluding steroid dienone is 9. The average molecular weight is 1130 g/mol. The molecule has 0 aromatic rings. The Morgan fingerprint density at radius 1 is 0.456 bits per heavy atom. The van der Waals surface area contributed by atoms with Gasteiger partial charge in [-0.1, -0.05) is 171 Å². The van der Waals surface area contributed by atoms with Crippen LogP contribution in [0.3, 0.4) is 0 Å². The van der Waals surface area contributed by atoms with E-state index in [0.29, 0.717) is 12.8 Å². The van der Waals surface area contributed by atoms with Crippen LogP contribution in [0.25, 0.3) is 0 Å². The number of amides is 1. The van der Waals surface area contributed by atoms with E-state index in [1.54, 1.807) is 12.2 Å². The zero-order valence-electron chi connectivity index (χ0n) is 47.6. The third kappa shape index (κ3) is 27.2. The van der Waals surface area contributed by atoms with Gasteiger partial charge in [-0.2, -0.15) is 0 Å². The number of aliphatic hydroxyl groups excluding tert-OH is 11. The standard InChI is InChI=1S/C60H105NO18/c1-3-5-7-9-11-12-13-14-15-16-17-18-19-20-21-22-23-24-25-26-27-28-29-30-32-34-36-38-48(66)61-43(44(65)37-35-33-31-10-8-6-4-2)42-74-58-54(72)51(69)56(46(40-63)76-58)79-60-55(73)52(70)57(47(41-64)77-60)78-59-53(71)50(68)49(67)45(39-62)75-59/h8,10,13-14,16-17,19-20,35,37,43-47,49-60,62-65,67-73H,3-7,9,11-12,15,18,21-34,36,38-42H2,1-2H3,(H,61,66)/b10-8+,14-13-,17-16-,20-19-,37-35+. The number of carbonyl (C=O) groups is 1. The molecule has 0 bridgehead atoms. The lowest BCUT2D eigenvalue weighted by Gasteiger charge is -2.48. The molecule has 3 fully saturated rings. The smallest absolute Gasteiger partial charge is 0.220 e. The highest BCUT2D eigenvalue weighted by Crippen LogP contribution is 2.33. The zero-order chi connectivity index (χ0) is 57.6. The first-order chi connectivity index (χ1) is 38.3. The van der Waals surface area contributed by atoms with Crippen molar-refractivity contribution in [2.45, 2.75) is 285 Å². The summed E-state index contributed by atoms with van der Waals surface area (Å²) < 4.78 is 34.1. The third-order valence-electron chi connectivity index (χ3n) is 14.8. The molecular formula is C60H105NO18. The lowest BCUT2D eigenvalue weighted by molar-refractivity contribution is -0.379. The number of aliphatic hydroxyl groups is 11. The van der Waals surface area contributed by atoms with Crippen molar-refractivity contribution in [2.24, 2.45) is 0 Å². The van der Waals surface area contributed by atoms with Crippen molar-refractivity contribution in [3.05, 3.63) is 60.8 Å². The number of ether oxygens (including phenoxy) is 6. The molecule has 3 saturated heterocycles. The van der Waals surface area contributed by atoms with Crippen molar-refractivity contribution in [1.29, 1.82) is 0 Å². The second-order valence-electron chi connectivity index (χ2n) is 21.4. The number of unbranched alkanes of at least 4 members (excludes halogenated alkanes) is 19. The van der Waals surface area contributed by atoms with Gasteiger partial charge in [0.15, 0.2) is 18.9 Å². The molecule has 17 atom stereocenters. The van der Waals surface area contributed by atoms with Crippen molar-refractivity contribution in [3.63, 3.8) is 0 Å². The van der Waals surface area contributed by atoms with E-state index in [0.717, 1.165) is 64.2 Å². The van der Waals surface area contributed by atoms with E-state index < -0.39 is 124 Å². The topological polar surface area (TPSA) is 307 Å². The van der Waals surface area contributed by atoms with Crippen LogP contribution in [0.5, 0.6) is 0 Å². The van der Waals surface area contributed by atoms with Crippen LogP contribution in [0, 0.1) is 0 Å². The average Bonchev–Trinajstić information content (AvgIpc) is 3.48. The summed E-state index contributed by atoms with van der Waals surface area (Å²) in [4.78, 5) is 13.2. The predicted molar refractivity (Wildman–Crippen MR) is 300 cm³/mol. The van der Waals surface area contributed by atoms with Crippen molar-refractivity contribution in [1.82, 2.24) is 5.32 Å². The van der Waals surface area contributed by atoms with Gasteiger partial charge >= 0.3 is 0 Å². The summed E-state index contributed by atoms with van der Waals surface area (Å²) in [5, 5.41) is 120. The molecular weight excluding hydrogens is 1020 g/mol. The third-order valence-corrected chi connectivity index (χ3v) is 14.8. The van der Waals surface area contributed by atoms with E-state index in [4.69, 9.17) is 28.4 Å². The van der Waals surface area contributed by atoms with Crippen LogP contribution in [0.4, 0.5) is 0 Å². The number of rotatable bonds is 43. The Labute approximate surface area is 471 Å². The summed E-state index contributed by atoms with van der Waals surface area (Å²) in [7, 11) is 0. The van der Waals surface area contributed by atoms with Crippen LogP contribution in [0.2, 0.25) is 0 Å². The molecule has 3 aliphatic heterocycles. The molecule has 0 aromatic heterocycles. The van der Waals surface area contributed by atoms with Crippen LogP contribution in [0.1, 0.15) is 181 Å². The molecule has 0 aromatic carbocycles. The van der Waals surface area contributed by atoms with Gasteiger partial charge in [-0.3, -0.25) is 4.79 Å². The Morgan fingerprint density at radius 3 is 1.39 bits per heavy atom. The maximum absolute atomic E-state index is 13.2. The molecule has 0 spiro atoms. The summed E-state index contributed by atoms with van der Waals surface area (Å²) >= 11 is 0. The molecule has 0 saturated carbocycles. The largest absolute Gasteiger partial charge is 0.394 e. The molecule has 12 N–H and O–H groups in total. The van der Waals surface area contributed by atoms with E-state index in [1.807, 2.05) is 0 Å². The fourth-order valence-corrected chi connectivity index (χ4v) is 9.81. The van der Waals surface area contributed by atoms with E-state index in [9.17, 15) is 61.0 Å². The summed E-state index contributed by atoms with van der Waals surface area (Å²) in [5.41, 5.74) is 0. The van der Waals surface area contributed by atoms with Crippen LogP contribution < -0.4 is 5.32 Å². The van der Waals surface area contributed by atoms with E-state index in [2.05, 4.69) is 67.8 Å². The SMILES string of the molecule is CCC/C=C/CC/C=C/C(O)C(COC1OC(CO)C(OC2OC(CO)C(OC3OC(CO)C(O)C(O)C3O)C(O)C2O)C(O)C1O)NC(=O)CCCCCCCCCCCCCC/C=C\C/C=C\C/C=C\CCCCCCC. The fourth-order valence-electron chi connectivity index (χ4n) is 9.81. The monoisotopic (exact) mass is 1130 g/mol. The summed E-state index contributed by atoms with van der Waals surface area (Å²) in [6.45, 7) is 1.55. The predicted octanol–water partition coefficient (Wildman–Crippen LogP) is 5.26. The first kappa shape index (κ1) is 70.8. The van der Waals surface area contributed by atoms with Gasteiger partial charge in [0.1, 0.15) is 73.2 Å². The van der Waals surface area contributed by atoms with Gasteiger partial charge in [0.05, 0.1) is 38.6 Å². The molecule has 3 rings (SSSR count). The summed E-state index contributed by atoms with van der Waals surface area (Å²) in [5.74, 6) is -0.295. The van der Waals surface area contributed by atoms with Crippen LogP contribution >= 0.6 is 0 Å². The molecule has 19 nitrogen and oxygen atoms in total. The van der Waals surface area contributed by atoms with Crippen LogP contribution in [-0.4, -0.2) is 193 Å². The number of hydrogen-bond donors (Lipinski definition) is 12. The molecule has 458 valence electrons. The Kier molecular flexibility index (Phi) is 38.7. The Hall–Kier alpha value is -2.51. The van der Waals surface area contributed by atoms with Crippen molar-refractivity contribution in [3.8, 4) is 0 Å². The Bertz CT molecular complexity index is 1680. The Balaban J connectivity index is 1.39. The van der Waals surface area contributed by atoms with Crippen molar-refractivity contribution in [2.75, 3.05) is 26.4 Å². The lowest BCUT2D eigenvalue weighted by Crippen LogP contribution is -2.66. The van der Waals surface area contributed by atoms with Crippen molar-refractivity contribution < 1.29 is 89.4 Å². The van der Waals surface area contributed by atoms with Crippen LogP contribution in [-0.2, 0) is 33.2 Å². The molecule has 3 aliphatic rings. The molecule has 19 heteroatoms. The maximum Gasteiger partial charge on any atom is 0.220 e. The van der Waals surface area contributed by atoms with E-state index >= 15 is 0 Å². The van der Waals surface area contributed by atoms with Crippen LogP contribution in [0.15, 0.2) is 60.8 Å². The van der Waals surface area contributed by atoms with Gasteiger partial charge in [0.25, 0.3) is 0 Å². The molecule has 0 radical (unpaired) electrons. The summed E-state index contributed by atoms with van der Waals surface area (Å²) in [6, 6.07) is -0.990. The van der Waals surface area contributed by atoms with Gasteiger partial charge in [-0.05, 0) is 64.2 Å². The molecule has 3 heterocycles. The number of nitrogens with one attached hydrogen (secondary N) is 1. The highest BCUT2D eigenvalue weighted by Gasteiger charge is 2.53. The minimum Gasteiger partial charge on any atom is -0.394 e. The summed E-state index contributed by atoms with van der Waals surface area (Å²) in [6.07, 6.45) is 22.7. The van der Waals surface area contributed by atoms with Gasteiger partial charge in [-0.15, -0.1) is 0 Å². The molecule has 79 heavy (non-hydrogen) atoms. The second kappa shape index (κ2) is 43.2. The fraction of sp³-hybridized carbons (Fsp3) is 0.817. The number of carbonyl (C=O) groups excluding carboxylic acids is 1. The second-order valence-corrected chi connectivity index (χ2v) is 21.4. The minimum atomic E-state index is -1.98. The first-order valence-electron chi connectivity index (χ1n) is 30.0. The van der Waals surface area contributed by atoms with E-state index in [1.165, 1.54) is 83.5 Å². The molecule has 0 aliphatic carbocycles. The lowest BCUT2D eigenvalue weighted by atomic mass is 9.96. The highest BCUT2D eigenvalue weighted by molar-refractivity contribution is 5.76. The first-order valence-corrected chi connectivity index (χ1v) is 30.0. The van der Waals surface area contributed by atoms with Gasteiger partial charge in [0, 0.05) is 6.42 Å². The molecule has 17 unspecified atom stereocenters. The quantitative estimate of drug-likeness (QED) is 0.0274.